The van der Waals surface area contributed by atoms with Gasteiger partial charge < -0.3 is 0 Å². The molecular weight excluding hydrogens is 980 g/mol. The molecule has 0 unspecified atom stereocenters. The fraction of sp³-hybridized carbons (Fsp3) is 0.0690. The Labute approximate surface area is 411 Å². The van der Waals surface area contributed by atoms with Gasteiger partial charge in [0.15, 0.2) is 0 Å². The summed E-state index contributed by atoms with van der Waals surface area (Å²) in [4.78, 5) is -0.630. The molecule has 0 N–H and O–H groups in total. The summed E-state index contributed by atoms with van der Waals surface area (Å²) in [6, 6.07) is 64.6. The molecule has 0 radical (unpaired) electrons. The molecule has 0 bridgehead atoms. The van der Waals surface area contributed by atoms with Crippen LogP contribution in [-0.4, -0.2) is 31.7 Å². The molecule has 0 heterocycles. The molecule has 0 saturated carbocycles. The lowest BCUT2D eigenvalue weighted by molar-refractivity contribution is -0.382. The Morgan fingerprint density at radius 3 is 0.819 bits per heavy atom. The van der Waals surface area contributed by atoms with Gasteiger partial charge in [-0.3, -0.25) is 0 Å². The third kappa shape index (κ3) is 8.77. The summed E-state index contributed by atoms with van der Waals surface area (Å²) in [6.45, 7) is 0. The van der Waals surface area contributed by atoms with Gasteiger partial charge in [-0.05, 0) is 113 Å². The van der Waals surface area contributed by atoms with E-state index in [2.05, 4.69) is 0 Å². The highest BCUT2D eigenvalue weighted by atomic mass is 32.3. The van der Waals surface area contributed by atoms with Crippen molar-refractivity contribution in [2.45, 2.75) is 38.0 Å². The van der Waals surface area contributed by atoms with E-state index >= 15 is 34.8 Å². The van der Waals surface area contributed by atoms with Gasteiger partial charge in [0, 0.05) is 14.7 Å². The third-order valence-electron chi connectivity index (χ3n) is 12.0. The molecule has 0 atom stereocenters. The van der Waals surface area contributed by atoms with Crippen LogP contribution in [0, 0.1) is 0 Å². The Morgan fingerprint density at radius 1 is 0.306 bits per heavy atom. The number of benzene rings is 9. The first-order valence-electron chi connectivity index (χ1n) is 22.1. The second-order valence-electron chi connectivity index (χ2n) is 16.6. The zero-order chi connectivity index (χ0) is 50.9. The summed E-state index contributed by atoms with van der Waals surface area (Å²) >= 11 is 0. The minimum atomic E-state index is -7.71. The first-order chi connectivity index (χ1) is 34.4. The van der Waals surface area contributed by atoms with Gasteiger partial charge in [-0.1, -0.05) is 200 Å². The van der Waals surface area contributed by atoms with Gasteiger partial charge >= 0.3 is 33.4 Å². The Kier molecular flexibility index (Phi) is 13.3. The van der Waals surface area contributed by atoms with Crippen LogP contribution < -0.4 is 0 Å². The molecule has 0 aromatic heterocycles. The Balaban J connectivity index is 1.59. The molecule has 9 aromatic carbocycles. The third-order valence-corrected chi connectivity index (χ3v) is 17.4. The van der Waals surface area contributed by atoms with Gasteiger partial charge in [0.25, 0.3) is 0 Å². The number of hydrogen-bond donors (Lipinski definition) is 0. The van der Waals surface area contributed by atoms with Gasteiger partial charge in [-0.2, -0.15) is 47.9 Å². The van der Waals surface area contributed by atoms with Crippen molar-refractivity contribution in [1.29, 1.82) is 0 Å². The van der Waals surface area contributed by atoms with Crippen LogP contribution in [0.1, 0.15) is 0 Å². The molecule has 364 valence electrons. The molecule has 9 aromatic rings. The predicted molar refractivity (Wildman–Crippen MR) is 265 cm³/mol. The second-order valence-corrected chi connectivity index (χ2v) is 20.9. The van der Waals surface area contributed by atoms with E-state index < -0.39 is 43.7 Å². The molecule has 9 rings (SSSR count). The van der Waals surface area contributed by atoms with Crippen molar-refractivity contribution >= 4 is 20.4 Å². The minimum absolute atomic E-state index is 0.116. The average molecular weight is 1020 g/mol. The van der Waals surface area contributed by atoms with Gasteiger partial charge in [-0.15, -0.1) is 0 Å². The summed E-state index contributed by atoms with van der Waals surface area (Å²) in [7, 11) is -12.6. The van der Waals surface area contributed by atoms with Crippen LogP contribution >= 0.6 is 10.3 Å². The fourth-order valence-corrected chi connectivity index (χ4v) is 14.4. The number of halogens is 9. The quantitative estimate of drug-likeness (QED) is 0.102. The lowest BCUT2D eigenvalue weighted by Gasteiger charge is -2.45. The Bertz CT molecular complexity index is 3150. The van der Waals surface area contributed by atoms with Crippen LogP contribution in [0.25, 0.3) is 66.8 Å². The first-order valence-corrected chi connectivity index (χ1v) is 25.1. The zero-order valence-electron chi connectivity index (χ0n) is 37.5. The molecule has 0 aliphatic heterocycles. The minimum Gasteiger partial charge on any atom is -0.202 e. The van der Waals surface area contributed by atoms with E-state index in [1.807, 2.05) is 0 Å². The highest BCUT2D eigenvalue weighted by molar-refractivity contribution is 8.33. The van der Waals surface area contributed by atoms with Crippen molar-refractivity contribution in [3.8, 4) is 66.8 Å². The van der Waals surface area contributed by atoms with Gasteiger partial charge in [-0.25, -0.2) is 3.63 Å². The van der Waals surface area contributed by atoms with E-state index in [-0.39, 0.29) is 36.9 Å². The molecular formula is C58H39F9O3S2. The highest BCUT2D eigenvalue weighted by Crippen LogP contribution is 2.78. The molecule has 0 saturated heterocycles. The number of alkyl halides is 9. The van der Waals surface area contributed by atoms with Crippen molar-refractivity contribution in [3.05, 3.63) is 237 Å². The predicted octanol–water partition coefficient (Wildman–Crippen LogP) is 17.7. The molecule has 0 aliphatic rings. The van der Waals surface area contributed by atoms with E-state index in [4.69, 9.17) is 3.63 Å². The normalized spacial score (nSPS) is 12.9. The van der Waals surface area contributed by atoms with Crippen molar-refractivity contribution < 1.29 is 51.6 Å². The smallest absolute Gasteiger partial charge is 0.202 e. The molecule has 0 amide bonds. The topological polar surface area (TPSA) is 43.4 Å². The average Bonchev–Trinajstić information content (AvgIpc) is 3.41. The van der Waals surface area contributed by atoms with Gasteiger partial charge in [0.2, 0.25) is 0 Å². The summed E-state index contributed by atoms with van der Waals surface area (Å²) < 4.78 is 174. The van der Waals surface area contributed by atoms with E-state index in [1.54, 1.807) is 206 Å². The molecule has 3 nitrogen and oxygen atoms in total. The molecule has 72 heavy (non-hydrogen) atoms. The van der Waals surface area contributed by atoms with Crippen LogP contribution in [0.3, 0.4) is 0 Å². The van der Waals surface area contributed by atoms with Gasteiger partial charge in [0.05, 0.1) is 0 Å². The molecule has 0 fully saturated rings. The van der Waals surface area contributed by atoms with Gasteiger partial charge in [0.1, 0.15) is 0 Å². The Morgan fingerprint density at radius 2 is 0.556 bits per heavy atom. The fourth-order valence-electron chi connectivity index (χ4n) is 8.55. The van der Waals surface area contributed by atoms with Crippen LogP contribution in [0.4, 0.5) is 39.5 Å². The number of hydrogen-bond acceptors (Lipinski definition) is 3. The monoisotopic (exact) mass is 1020 g/mol. The maximum atomic E-state index is 16.9. The highest BCUT2D eigenvalue weighted by Gasteiger charge is 2.86. The Hall–Kier alpha value is -7.39. The first kappa shape index (κ1) is 49.6. The zero-order valence-corrected chi connectivity index (χ0v) is 39.1. The van der Waals surface area contributed by atoms with Crippen LogP contribution in [-0.2, 0) is 13.7 Å². The van der Waals surface area contributed by atoms with E-state index in [0.717, 1.165) is 0 Å². The molecule has 0 aliphatic carbocycles. The van der Waals surface area contributed by atoms with Crippen molar-refractivity contribution in [2.75, 3.05) is 0 Å². The second kappa shape index (κ2) is 19.3. The van der Waals surface area contributed by atoms with Crippen molar-refractivity contribution in [1.82, 2.24) is 0 Å². The molecule has 0 spiro atoms. The maximum Gasteiger partial charge on any atom is 0.460 e. The summed E-state index contributed by atoms with van der Waals surface area (Å²) in [5.41, 5.74) is 4.09. The van der Waals surface area contributed by atoms with Crippen molar-refractivity contribution in [2.24, 2.45) is 0 Å². The summed E-state index contributed by atoms with van der Waals surface area (Å²) in [5.74, 6) is -15.2. The summed E-state index contributed by atoms with van der Waals surface area (Å²) in [5, 5.41) is -7.26. The van der Waals surface area contributed by atoms with Crippen molar-refractivity contribution in [3.63, 3.8) is 0 Å². The SMILES string of the molecule is O=S(=O)(OS(c1ccccc1)(c1c(-c2ccccc2)cc(-c2ccccc2)cc1-c1ccccc1)c1c(-c2ccccc2)cc(-c2ccccc2)cc1-c1ccccc1)C(F)(F)C(F)(F)C(F)(F)C(F)(F)F. The van der Waals surface area contributed by atoms with E-state index in [1.165, 1.54) is 30.3 Å². The lowest BCUT2D eigenvalue weighted by Crippen LogP contribution is -2.63. The number of rotatable bonds is 14. The van der Waals surface area contributed by atoms with Crippen LogP contribution in [0.5, 0.6) is 0 Å². The lowest BCUT2D eigenvalue weighted by atomic mass is 9.93. The maximum absolute atomic E-state index is 16.9. The largest absolute Gasteiger partial charge is 0.460 e. The van der Waals surface area contributed by atoms with Crippen LogP contribution in [0.15, 0.2) is 251 Å². The van der Waals surface area contributed by atoms with E-state index in [0.29, 0.717) is 44.5 Å². The summed E-state index contributed by atoms with van der Waals surface area (Å²) in [6.07, 6.45) is -7.35. The van der Waals surface area contributed by atoms with Crippen LogP contribution in [0.2, 0.25) is 0 Å². The van der Waals surface area contributed by atoms with E-state index in [9.17, 15) is 13.2 Å². The standard InChI is InChI=1S/C58H39F9O3S2/c59-55(60,57(63,64)65)56(61,62)58(66,67)72(68,69)70-71(48-34-20-7-21-35-48,53-49(42-26-12-3-13-27-42)36-46(40-22-8-1-9-23-40)37-50(53)43-28-14-4-15-29-43)54-51(44-30-16-5-17-31-44)38-47(41-24-10-2-11-25-41)39-52(54)45-32-18-6-19-33-45/h1-39H. The molecule has 14 heteroatoms.